The van der Waals surface area contributed by atoms with Crippen LogP contribution in [0.25, 0.3) is 110 Å². The zero-order valence-electron chi connectivity index (χ0n) is 45.3. The molecule has 2 aliphatic rings. The molecule has 5 nitrogen and oxygen atoms in total. The number of furan rings is 3. The molecule has 392 valence electrons. The summed E-state index contributed by atoms with van der Waals surface area (Å²) in [5, 5.41) is 6.39. The molecule has 84 heavy (non-hydrogen) atoms. The summed E-state index contributed by atoms with van der Waals surface area (Å²) in [6.45, 7) is 0. The number of rotatable bonds is 8. The van der Waals surface area contributed by atoms with Crippen molar-refractivity contribution in [3.05, 3.63) is 313 Å². The van der Waals surface area contributed by atoms with Gasteiger partial charge in [0.15, 0.2) is 11.2 Å². The van der Waals surface area contributed by atoms with Crippen molar-refractivity contribution in [3.63, 3.8) is 0 Å². The van der Waals surface area contributed by atoms with Crippen LogP contribution in [0.3, 0.4) is 0 Å². The van der Waals surface area contributed by atoms with Crippen LogP contribution in [0.1, 0.15) is 22.3 Å². The minimum atomic E-state index is -0.680. The fourth-order valence-corrected chi connectivity index (χ4v) is 14.3. The van der Waals surface area contributed by atoms with Crippen LogP contribution in [0, 0.1) is 0 Å². The van der Waals surface area contributed by atoms with Crippen LogP contribution in [0.2, 0.25) is 0 Å². The molecule has 13 aromatic carbocycles. The van der Waals surface area contributed by atoms with Crippen LogP contribution in [0.4, 0.5) is 34.1 Å². The first kappa shape index (κ1) is 46.6. The minimum absolute atomic E-state index is 0.680. The normalized spacial score (nSPS) is 12.9. The van der Waals surface area contributed by atoms with Gasteiger partial charge in [-0.25, -0.2) is 0 Å². The number of para-hydroxylation sites is 4. The molecular weight excluding hydrogens is 1020 g/mol. The third-order valence-corrected chi connectivity index (χ3v) is 17.8. The first-order valence-electron chi connectivity index (χ1n) is 28.7. The van der Waals surface area contributed by atoms with E-state index in [0.717, 1.165) is 133 Å². The quantitative estimate of drug-likeness (QED) is 0.152. The third-order valence-electron chi connectivity index (χ3n) is 17.8. The van der Waals surface area contributed by atoms with E-state index in [4.69, 9.17) is 13.3 Å². The molecule has 3 aromatic heterocycles. The largest absolute Gasteiger partial charge is 0.455 e. The van der Waals surface area contributed by atoms with Crippen molar-refractivity contribution in [2.75, 3.05) is 9.80 Å². The Labute approximate surface area is 483 Å². The molecule has 16 aromatic rings. The lowest BCUT2D eigenvalue weighted by Crippen LogP contribution is -2.26. The highest BCUT2D eigenvalue weighted by atomic mass is 16.3. The predicted octanol–water partition coefficient (Wildman–Crippen LogP) is 22.0. The summed E-state index contributed by atoms with van der Waals surface area (Å²) >= 11 is 0. The van der Waals surface area contributed by atoms with Gasteiger partial charge in [0.2, 0.25) is 0 Å². The SMILES string of the molecule is c1ccc(-c2cccc(N(c3ccc4c(c3)C3(c5ccccc5-c5ccccc53)c3ccc5c(oc6ccc(N(c7cccc(-c8ccccc8)c7)c7cccc8c7oc7ccccc78)cc65)c3-4)c3cccc4c3oc3ccccc34)c2)cc1. The Bertz CT molecular complexity index is 5310. The first-order valence-corrected chi connectivity index (χ1v) is 28.7. The molecule has 0 radical (unpaired) electrons. The van der Waals surface area contributed by atoms with Crippen LogP contribution in [0.5, 0.6) is 0 Å². The van der Waals surface area contributed by atoms with Gasteiger partial charge in [-0.3, -0.25) is 0 Å². The van der Waals surface area contributed by atoms with Gasteiger partial charge in [-0.2, -0.15) is 0 Å². The molecule has 5 heteroatoms. The van der Waals surface area contributed by atoms with E-state index >= 15 is 0 Å². The summed E-state index contributed by atoms with van der Waals surface area (Å²) < 4.78 is 21.1. The van der Waals surface area contributed by atoms with Crippen molar-refractivity contribution in [1.29, 1.82) is 0 Å². The highest BCUT2D eigenvalue weighted by Crippen LogP contribution is 2.65. The zero-order chi connectivity index (χ0) is 55.0. The second kappa shape index (κ2) is 17.9. The summed E-state index contributed by atoms with van der Waals surface area (Å²) in [7, 11) is 0. The molecule has 0 amide bonds. The molecule has 0 fully saturated rings. The Kier molecular flexibility index (Phi) is 9.95. The van der Waals surface area contributed by atoms with Gasteiger partial charge in [0.1, 0.15) is 22.3 Å². The lowest BCUT2D eigenvalue weighted by Gasteiger charge is -2.32. The van der Waals surface area contributed by atoms with Gasteiger partial charge >= 0.3 is 0 Å². The second-order valence-electron chi connectivity index (χ2n) is 22.2. The van der Waals surface area contributed by atoms with Gasteiger partial charge in [-0.15, -0.1) is 0 Å². The van der Waals surface area contributed by atoms with Crippen LogP contribution >= 0.6 is 0 Å². The summed E-state index contributed by atoms with van der Waals surface area (Å²) in [4.78, 5) is 4.74. The molecule has 0 bridgehead atoms. The Balaban J connectivity index is 0.875. The van der Waals surface area contributed by atoms with Crippen LogP contribution in [0.15, 0.2) is 304 Å². The van der Waals surface area contributed by atoms with E-state index in [1.54, 1.807) is 0 Å². The fraction of sp³-hybridized carbons (Fsp3) is 0.0127. The minimum Gasteiger partial charge on any atom is -0.455 e. The van der Waals surface area contributed by atoms with Gasteiger partial charge in [0.05, 0.1) is 16.8 Å². The number of nitrogens with zero attached hydrogens (tertiary/aromatic N) is 2. The van der Waals surface area contributed by atoms with Crippen LogP contribution in [-0.2, 0) is 5.41 Å². The molecule has 0 aliphatic heterocycles. The van der Waals surface area contributed by atoms with Crippen molar-refractivity contribution < 1.29 is 13.3 Å². The number of hydrogen-bond acceptors (Lipinski definition) is 5. The Hall–Kier alpha value is -11.1. The number of benzene rings is 13. The Morgan fingerprint density at radius 3 is 1.27 bits per heavy atom. The third kappa shape index (κ3) is 6.66. The van der Waals surface area contributed by atoms with Gasteiger partial charge in [-0.05, 0) is 140 Å². The summed E-state index contributed by atoms with van der Waals surface area (Å²) in [6, 6.07) is 105. The van der Waals surface area contributed by atoms with E-state index in [1.165, 1.54) is 33.4 Å². The average Bonchev–Trinajstić information content (AvgIpc) is 1.60. The number of hydrogen-bond donors (Lipinski definition) is 0. The van der Waals surface area contributed by atoms with E-state index in [2.05, 4.69) is 289 Å². The Morgan fingerprint density at radius 1 is 0.238 bits per heavy atom. The van der Waals surface area contributed by atoms with E-state index in [1.807, 2.05) is 12.1 Å². The predicted molar refractivity (Wildman–Crippen MR) is 345 cm³/mol. The number of anilines is 6. The van der Waals surface area contributed by atoms with Gasteiger partial charge < -0.3 is 23.1 Å². The molecular formula is C79H48N2O3. The fourth-order valence-electron chi connectivity index (χ4n) is 14.3. The lowest BCUT2D eigenvalue weighted by molar-refractivity contribution is 0.668. The average molecular weight is 1070 g/mol. The molecule has 0 atom stereocenters. The van der Waals surface area contributed by atoms with Gasteiger partial charge in [0.25, 0.3) is 0 Å². The van der Waals surface area contributed by atoms with Crippen molar-refractivity contribution >= 4 is 99.9 Å². The highest BCUT2D eigenvalue weighted by Gasteiger charge is 2.53. The molecule has 0 saturated carbocycles. The van der Waals surface area contributed by atoms with Crippen LogP contribution in [-0.4, -0.2) is 0 Å². The summed E-state index contributed by atoms with van der Waals surface area (Å²) in [5.74, 6) is 0. The molecule has 18 rings (SSSR count). The van der Waals surface area contributed by atoms with E-state index < -0.39 is 5.41 Å². The van der Waals surface area contributed by atoms with Gasteiger partial charge in [0, 0.05) is 60.6 Å². The molecule has 1 spiro atoms. The maximum absolute atomic E-state index is 7.35. The van der Waals surface area contributed by atoms with E-state index in [-0.39, 0.29) is 0 Å². The smallest absolute Gasteiger partial charge is 0.159 e. The first-order chi connectivity index (χ1) is 41.7. The Morgan fingerprint density at radius 2 is 0.679 bits per heavy atom. The van der Waals surface area contributed by atoms with Gasteiger partial charge in [-0.1, -0.05) is 212 Å². The van der Waals surface area contributed by atoms with Crippen molar-refractivity contribution in [2.24, 2.45) is 0 Å². The molecule has 2 aliphatic carbocycles. The summed E-state index contributed by atoms with van der Waals surface area (Å²) in [6.07, 6.45) is 0. The molecule has 0 N–H and O–H groups in total. The van der Waals surface area contributed by atoms with Crippen molar-refractivity contribution in [3.8, 4) is 44.5 Å². The van der Waals surface area contributed by atoms with E-state index in [9.17, 15) is 0 Å². The molecule has 0 unspecified atom stereocenters. The highest BCUT2D eigenvalue weighted by molar-refractivity contribution is 6.16. The summed E-state index contributed by atoms with van der Waals surface area (Å²) in [5.41, 5.74) is 24.5. The van der Waals surface area contributed by atoms with Crippen molar-refractivity contribution in [1.82, 2.24) is 0 Å². The molecule has 3 heterocycles. The topological polar surface area (TPSA) is 45.9 Å². The lowest BCUT2D eigenvalue weighted by atomic mass is 9.70. The monoisotopic (exact) mass is 1070 g/mol. The van der Waals surface area contributed by atoms with Crippen LogP contribution < -0.4 is 9.80 Å². The standard InChI is InChI=1S/C79H48N2O3/c1-3-19-49(20-4-1)51-23-15-25-53(45-51)80(70-35-17-31-61-59-29-9-13-37-72(59)82-76(61)70)55-40-44-74-65(47-55)63-42-43-68-75(78(63)84-74)64-41-39-56(48-69(64)79(68)66-33-11-7-27-57(66)58-28-8-12-34-67(58)79)81(54-26-16-24-52(46-54)50-21-5-2-6-22-50)71-36-18-32-62-60-30-10-14-38-73(60)83-77(62)71/h1-48H. The maximum atomic E-state index is 7.35. The number of fused-ring (bicyclic) bond motifs is 20. The maximum Gasteiger partial charge on any atom is 0.159 e. The second-order valence-corrected chi connectivity index (χ2v) is 22.2. The van der Waals surface area contributed by atoms with E-state index in [0.29, 0.717) is 0 Å². The zero-order valence-corrected chi connectivity index (χ0v) is 45.3. The van der Waals surface area contributed by atoms with Crippen molar-refractivity contribution in [2.45, 2.75) is 5.41 Å². The molecule has 0 saturated heterocycles.